The molecule has 0 aromatic rings. The van der Waals surface area contributed by atoms with E-state index in [1.165, 1.54) is 28.1 Å². The molecule has 0 aromatic heterocycles. The van der Waals surface area contributed by atoms with E-state index in [2.05, 4.69) is 0 Å². The summed E-state index contributed by atoms with van der Waals surface area (Å²) in [5.41, 5.74) is 0. The highest BCUT2D eigenvalue weighted by Gasteiger charge is 2.43. The molecule has 7 nitrogen and oxygen atoms in total. The molecular weight excluding hydrogens is 256 g/mol. The molecule has 1 rings (SSSR count). The summed E-state index contributed by atoms with van der Waals surface area (Å²) in [4.78, 5) is 22.0. The number of carbonyl (C=O) groups excluding carboxylic acids is 2. The molecule has 1 aliphatic rings. The monoisotopic (exact) mass is 276 g/mol. The molecule has 0 saturated carbocycles. The molecule has 0 spiro atoms. The van der Waals surface area contributed by atoms with Crippen LogP contribution in [-0.2, 0) is 33.3 Å². The zero-order valence-corrected chi connectivity index (χ0v) is 11.6. The van der Waals surface area contributed by atoms with Gasteiger partial charge >= 0.3 is 11.9 Å². The van der Waals surface area contributed by atoms with Crippen molar-refractivity contribution in [2.45, 2.75) is 38.3 Å². The fourth-order valence-electron chi connectivity index (χ4n) is 2.00. The third-order valence-corrected chi connectivity index (χ3v) is 2.86. The van der Waals surface area contributed by atoms with E-state index >= 15 is 0 Å². The van der Waals surface area contributed by atoms with Gasteiger partial charge in [0.05, 0.1) is 6.61 Å². The van der Waals surface area contributed by atoms with Crippen LogP contribution in [0.2, 0.25) is 0 Å². The van der Waals surface area contributed by atoms with Crippen LogP contribution in [0.4, 0.5) is 0 Å². The van der Waals surface area contributed by atoms with E-state index in [0.29, 0.717) is 0 Å². The van der Waals surface area contributed by atoms with E-state index in [0.717, 1.165) is 0 Å². The van der Waals surface area contributed by atoms with E-state index in [1.807, 2.05) is 0 Å². The molecule has 4 atom stereocenters. The van der Waals surface area contributed by atoms with Gasteiger partial charge < -0.3 is 23.7 Å². The number of carbonyl (C=O) groups is 2. The molecule has 0 amide bonds. The lowest BCUT2D eigenvalue weighted by molar-refractivity contribution is -0.225. The molecule has 1 saturated heterocycles. The fourth-order valence-corrected chi connectivity index (χ4v) is 2.00. The van der Waals surface area contributed by atoms with Crippen molar-refractivity contribution in [1.82, 2.24) is 0 Å². The zero-order valence-electron chi connectivity index (χ0n) is 11.6. The maximum absolute atomic E-state index is 11.1. The molecule has 0 bridgehead atoms. The van der Waals surface area contributed by atoms with Crippen LogP contribution in [0, 0.1) is 0 Å². The van der Waals surface area contributed by atoms with Gasteiger partial charge in [0.15, 0.2) is 6.10 Å². The molecule has 0 radical (unpaired) electrons. The lowest BCUT2D eigenvalue weighted by atomic mass is 10.00. The van der Waals surface area contributed by atoms with Crippen LogP contribution >= 0.6 is 0 Å². The zero-order chi connectivity index (χ0) is 14.4. The van der Waals surface area contributed by atoms with Crippen LogP contribution in [0.5, 0.6) is 0 Å². The third-order valence-electron chi connectivity index (χ3n) is 2.86. The highest BCUT2D eigenvalue weighted by Crippen LogP contribution is 2.23. The van der Waals surface area contributed by atoms with Gasteiger partial charge in [-0.15, -0.1) is 0 Å². The van der Waals surface area contributed by atoms with Gasteiger partial charge in [-0.2, -0.15) is 0 Å². The SMILES string of the molecule is CO[C@@H]1[C@H](OC(C)=O)[C@@H](OC)CO[C@@H]1COC(C)=O. The molecule has 1 heterocycles. The summed E-state index contributed by atoms with van der Waals surface area (Å²) in [6.07, 6.45) is -2.06. The number of methoxy groups -OCH3 is 2. The Hall–Kier alpha value is -1.18. The second kappa shape index (κ2) is 7.42. The van der Waals surface area contributed by atoms with E-state index in [-0.39, 0.29) is 13.2 Å². The van der Waals surface area contributed by atoms with Gasteiger partial charge in [0.1, 0.15) is 24.9 Å². The van der Waals surface area contributed by atoms with Crippen LogP contribution < -0.4 is 0 Å². The Balaban J connectivity index is 2.75. The Morgan fingerprint density at radius 2 is 1.79 bits per heavy atom. The average Bonchev–Trinajstić information content (AvgIpc) is 2.35. The maximum atomic E-state index is 11.1. The van der Waals surface area contributed by atoms with Crippen molar-refractivity contribution in [3.63, 3.8) is 0 Å². The quantitative estimate of drug-likeness (QED) is 0.649. The van der Waals surface area contributed by atoms with Crippen molar-refractivity contribution >= 4 is 11.9 Å². The topological polar surface area (TPSA) is 80.3 Å². The summed E-state index contributed by atoms with van der Waals surface area (Å²) in [7, 11) is 2.98. The van der Waals surface area contributed by atoms with Gasteiger partial charge in [-0.1, -0.05) is 0 Å². The van der Waals surface area contributed by atoms with E-state index in [9.17, 15) is 9.59 Å². The molecule has 19 heavy (non-hydrogen) atoms. The van der Waals surface area contributed by atoms with Gasteiger partial charge in [-0.25, -0.2) is 0 Å². The van der Waals surface area contributed by atoms with Crippen LogP contribution in [0.3, 0.4) is 0 Å². The second-order valence-electron chi connectivity index (χ2n) is 4.22. The van der Waals surface area contributed by atoms with Crippen LogP contribution in [0.15, 0.2) is 0 Å². The number of rotatable bonds is 5. The second-order valence-corrected chi connectivity index (χ2v) is 4.22. The summed E-state index contributed by atoms with van der Waals surface area (Å²) in [5, 5.41) is 0. The molecule has 0 unspecified atom stereocenters. The Morgan fingerprint density at radius 3 is 2.26 bits per heavy atom. The molecule has 1 fully saturated rings. The molecule has 0 aliphatic carbocycles. The standard InChI is InChI=1S/C12H20O7/c1-7(13)17-6-10-11(16-4)12(19-8(2)14)9(15-3)5-18-10/h9-12H,5-6H2,1-4H3/t9-,10+,11-,12+/m0/s1. The fraction of sp³-hybridized carbons (Fsp3) is 0.833. The Labute approximate surface area is 112 Å². The van der Waals surface area contributed by atoms with Crippen molar-refractivity contribution < 1.29 is 33.3 Å². The van der Waals surface area contributed by atoms with Crippen LogP contribution in [0.25, 0.3) is 0 Å². The highest BCUT2D eigenvalue weighted by atomic mass is 16.6. The minimum absolute atomic E-state index is 0.0437. The first-order valence-electron chi connectivity index (χ1n) is 5.97. The summed E-state index contributed by atoms with van der Waals surface area (Å²) in [6, 6.07) is 0. The van der Waals surface area contributed by atoms with Gasteiger partial charge in [-0.3, -0.25) is 9.59 Å². The number of ether oxygens (including phenoxy) is 5. The van der Waals surface area contributed by atoms with Crippen molar-refractivity contribution in [1.29, 1.82) is 0 Å². The Bertz CT molecular complexity index is 317. The smallest absolute Gasteiger partial charge is 0.303 e. The van der Waals surface area contributed by atoms with Crippen molar-refractivity contribution in [3.05, 3.63) is 0 Å². The summed E-state index contributed by atoms with van der Waals surface area (Å²) >= 11 is 0. The summed E-state index contributed by atoms with van der Waals surface area (Å²) in [5.74, 6) is -0.835. The molecular formula is C12H20O7. The molecule has 110 valence electrons. The number of hydrogen-bond donors (Lipinski definition) is 0. The largest absolute Gasteiger partial charge is 0.463 e. The summed E-state index contributed by atoms with van der Waals surface area (Å²) < 4.78 is 26.2. The first-order valence-corrected chi connectivity index (χ1v) is 5.97. The van der Waals surface area contributed by atoms with Gasteiger partial charge in [-0.05, 0) is 0 Å². The minimum Gasteiger partial charge on any atom is -0.463 e. The van der Waals surface area contributed by atoms with E-state index in [1.54, 1.807) is 0 Å². The van der Waals surface area contributed by atoms with Crippen LogP contribution in [0.1, 0.15) is 13.8 Å². The van der Waals surface area contributed by atoms with Crippen LogP contribution in [-0.4, -0.2) is 63.8 Å². The van der Waals surface area contributed by atoms with Crippen molar-refractivity contribution in [2.24, 2.45) is 0 Å². The Morgan fingerprint density at radius 1 is 1.11 bits per heavy atom. The summed E-state index contributed by atoms with van der Waals surface area (Å²) in [6.45, 7) is 2.91. The number of hydrogen-bond acceptors (Lipinski definition) is 7. The maximum Gasteiger partial charge on any atom is 0.303 e. The number of esters is 2. The van der Waals surface area contributed by atoms with Gasteiger partial charge in [0.25, 0.3) is 0 Å². The first-order chi connectivity index (χ1) is 8.99. The van der Waals surface area contributed by atoms with Gasteiger partial charge in [0, 0.05) is 28.1 Å². The van der Waals surface area contributed by atoms with Crippen molar-refractivity contribution in [2.75, 3.05) is 27.4 Å². The highest BCUT2D eigenvalue weighted by molar-refractivity contribution is 5.66. The molecule has 7 heteroatoms. The normalized spacial score (nSPS) is 30.7. The molecule has 1 aliphatic heterocycles. The van der Waals surface area contributed by atoms with Gasteiger partial charge in [0.2, 0.25) is 0 Å². The third kappa shape index (κ3) is 4.45. The predicted octanol–water partition coefficient (Wildman–Crippen LogP) is -0.0900. The average molecular weight is 276 g/mol. The minimum atomic E-state index is -0.596. The lowest BCUT2D eigenvalue weighted by Gasteiger charge is -2.40. The van der Waals surface area contributed by atoms with Crippen molar-refractivity contribution in [3.8, 4) is 0 Å². The van der Waals surface area contributed by atoms with E-state index < -0.39 is 36.4 Å². The lowest BCUT2D eigenvalue weighted by Crippen LogP contribution is -2.57. The van der Waals surface area contributed by atoms with E-state index in [4.69, 9.17) is 23.7 Å². The molecule has 0 aromatic carbocycles. The Kier molecular flexibility index (Phi) is 6.20. The predicted molar refractivity (Wildman–Crippen MR) is 63.5 cm³/mol. The first kappa shape index (κ1) is 15.9. The molecule has 0 N–H and O–H groups in total.